The fraction of sp³-hybridized carbons (Fsp3) is 0.667. The van der Waals surface area contributed by atoms with Crippen LogP contribution < -0.4 is 5.73 Å². The number of hydrogen-bond donors (Lipinski definition) is 1. The molecule has 84 valence electrons. The van der Waals surface area contributed by atoms with Gasteiger partial charge in [-0.25, -0.2) is 0 Å². The first-order valence-corrected chi connectivity index (χ1v) is 7.40. The number of hydrogen-bond acceptors (Lipinski definition) is 2. The maximum absolute atomic E-state index is 5.85. The minimum absolute atomic E-state index is 0.764. The molecule has 1 heterocycles. The van der Waals surface area contributed by atoms with E-state index < -0.39 is 0 Å². The lowest BCUT2D eigenvalue weighted by Gasteiger charge is -2.30. The second kappa shape index (κ2) is 5.46. The van der Waals surface area contributed by atoms with Crippen LogP contribution in [0.2, 0.25) is 0 Å². The second-order valence-electron chi connectivity index (χ2n) is 4.48. The molecular formula is C12H18BrNS. The summed E-state index contributed by atoms with van der Waals surface area (Å²) in [6.45, 7) is 0.872. The van der Waals surface area contributed by atoms with Gasteiger partial charge in [0.1, 0.15) is 0 Å². The maximum Gasteiger partial charge on any atom is 0.0285 e. The highest BCUT2D eigenvalue weighted by Gasteiger charge is 2.24. The monoisotopic (exact) mass is 287 g/mol. The molecule has 1 aromatic rings. The van der Waals surface area contributed by atoms with Gasteiger partial charge in [0, 0.05) is 14.7 Å². The van der Waals surface area contributed by atoms with E-state index in [4.69, 9.17) is 5.73 Å². The quantitative estimate of drug-likeness (QED) is 0.899. The number of halogens is 1. The summed E-state index contributed by atoms with van der Waals surface area (Å²) in [5.74, 6) is 1.59. The van der Waals surface area contributed by atoms with Gasteiger partial charge in [0.25, 0.3) is 0 Å². The van der Waals surface area contributed by atoms with Crippen LogP contribution in [0.15, 0.2) is 15.9 Å². The van der Waals surface area contributed by atoms with Gasteiger partial charge in [-0.15, -0.1) is 11.3 Å². The number of nitrogens with two attached hydrogens (primary N) is 1. The van der Waals surface area contributed by atoms with Crippen LogP contribution in [0.1, 0.15) is 30.6 Å². The van der Waals surface area contributed by atoms with Crippen molar-refractivity contribution in [3.05, 3.63) is 20.8 Å². The highest BCUT2D eigenvalue weighted by atomic mass is 79.9. The first-order chi connectivity index (χ1) is 7.29. The molecule has 2 atom stereocenters. The van der Waals surface area contributed by atoms with Crippen LogP contribution in [0.4, 0.5) is 0 Å². The van der Waals surface area contributed by atoms with Crippen molar-refractivity contribution in [3.63, 3.8) is 0 Å². The van der Waals surface area contributed by atoms with E-state index in [1.54, 1.807) is 0 Å². The third-order valence-electron chi connectivity index (χ3n) is 3.45. The highest BCUT2D eigenvalue weighted by molar-refractivity contribution is 9.10. The summed E-state index contributed by atoms with van der Waals surface area (Å²) in [5, 5.41) is 2.18. The molecule has 2 N–H and O–H groups in total. The molecule has 0 amide bonds. The molecule has 1 aromatic heterocycles. The van der Waals surface area contributed by atoms with Gasteiger partial charge in [-0.1, -0.05) is 12.8 Å². The molecule has 1 aliphatic carbocycles. The predicted molar refractivity (Wildman–Crippen MR) is 70.2 cm³/mol. The Balaban J connectivity index is 1.97. The molecule has 2 rings (SSSR count). The largest absolute Gasteiger partial charge is 0.330 e. The Morgan fingerprint density at radius 2 is 2.07 bits per heavy atom. The van der Waals surface area contributed by atoms with Crippen molar-refractivity contribution in [1.82, 2.24) is 0 Å². The molecule has 1 nitrogen and oxygen atoms in total. The predicted octanol–water partition coefficient (Wildman–Crippen LogP) is 3.82. The first kappa shape index (κ1) is 11.6. The summed E-state index contributed by atoms with van der Waals surface area (Å²) in [7, 11) is 0. The van der Waals surface area contributed by atoms with Crippen LogP contribution in [-0.2, 0) is 6.42 Å². The standard InChI is InChI=1S/C12H18BrNS/c13-11-6-12(15-8-11)5-9-3-1-2-4-10(9)7-14/h6,8-10H,1-5,7,14H2. The van der Waals surface area contributed by atoms with Crippen LogP contribution in [0.5, 0.6) is 0 Å². The zero-order valence-corrected chi connectivity index (χ0v) is 11.3. The highest BCUT2D eigenvalue weighted by Crippen LogP contribution is 2.33. The Hall–Kier alpha value is 0.140. The Morgan fingerprint density at radius 1 is 1.33 bits per heavy atom. The molecule has 1 aliphatic rings. The molecule has 0 aliphatic heterocycles. The van der Waals surface area contributed by atoms with Crippen molar-refractivity contribution in [2.45, 2.75) is 32.1 Å². The summed E-state index contributed by atoms with van der Waals surface area (Å²) in [4.78, 5) is 1.51. The Morgan fingerprint density at radius 3 is 2.67 bits per heavy atom. The molecule has 2 unspecified atom stereocenters. The van der Waals surface area contributed by atoms with E-state index in [-0.39, 0.29) is 0 Å². The van der Waals surface area contributed by atoms with Crippen molar-refractivity contribution in [3.8, 4) is 0 Å². The lowest BCUT2D eigenvalue weighted by Crippen LogP contribution is -2.27. The Labute approximate surface area is 104 Å². The summed E-state index contributed by atoms with van der Waals surface area (Å²) in [6.07, 6.45) is 6.73. The summed E-state index contributed by atoms with van der Waals surface area (Å²) in [6, 6.07) is 2.26. The SMILES string of the molecule is NCC1CCCCC1Cc1cc(Br)cs1. The normalized spacial score (nSPS) is 26.8. The van der Waals surface area contributed by atoms with Crippen molar-refractivity contribution < 1.29 is 0 Å². The van der Waals surface area contributed by atoms with E-state index in [2.05, 4.69) is 27.4 Å². The van der Waals surface area contributed by atoms with Crippen LogP contribution >= 0.6 is 27.3 Å². The van der Waals surface area contributed by atoms with Gasteiger partial charge >= 0.3 is 0 Å². The molecule has 3 heteroatoms. The van der Waals surface area contributed by atoms with Crippen LogP contribution in [0.3, 0.4) is 0 Å². The van der Waals surface area contributed by atoms with Gasteiger partial charge in [-0.2, -0.15) is 0 Å². The zero-order valence-electron chi connectivity index (χ0n) is 8.92. The minimum atomic E-state index is 0.764. The van der Waals surface area contributed by atoms with E-state index in [1.807, 2.05) is 11.3 Å². The molecule has 0 bridgehead atoms. The van der Waals surface area contributed by atoms with Gasteiger partial charge in [0.15, 0.2) is 0 Å². The third kappa shape index (κ3) is 3.05. The fourth-order valence-corrected chi connectivity index (χ4v) is 4.13. The van der Waals surface area contributed by atoms with E-state index in [9.17, 15) is 0 Å². The molecule has 1 saturated carbocycles. The fourth-order valence-electron chi connectivity index (χ4n) is 2.58. The second-order valence-corrected chi connectivity index (χ2v) is 6.39. The first-order valence-electron chi connectivity index (χ1n) is 5.72. The molecule has 0 spiro atoms. The van der Waals surface area contributed by atoms with Gasteiger partial charge < -0.3 is 5.73 Å². The molecule has 15 heavy (non-hydrogen) atoms. The lowest BCUT2D eigenvalue weighted by atomic mass is 9.77. The average molecular weight is 288 g/mol. The third-order valence-corrected chi connectivity index (χ3v) is 5.17. The van der Waals surface area contributed by atoms with Crippen LogP contribution in [0, 0.1) is 11.8 Å². The van der Waals surface area contributed by atoms with E-state index >= 15 is 0 Å². The van der Waals surface area contributed by atoms with E-state index in [0.717, 1.165) is 18.4 Å². The average Bonchev–Trinajstić information content (AvgIpc) is 2.65. The van der Waals surface area contributed by atoms with Crippen molar-refractivity contribution >= 4 is 27.3 Å². The van der Waals surface area contributed by atoms with Crippen molar-refractivity contribution in [2.24, 2.45) is 17.6 Å². The summed E-state index contributed by atoms with van der Waals surface area (Å²) in [5.41, 5.74) is 5.85. The van der Waals surface area contributed by atoms with Gasteiger partial charge in [0.2, 0.25) is 0 Å². The zero-order chi connectivity index (χ0) is 10.7. The van der Waals surface area contributed by atoms with Crippen LogP contribution in [0.25, 0.3) is 0 Å². The smallest absolute Gasteiger partial charge is 0.0285 e. The van der Waals surface area contributed by atoms with E-state index in [1.165, 1.54) is 41.5 Å². The minimum Gasteiger partial charge on any atom is -0.330 e. The molecule has 0 radical (unpaired) electrons. The maximum atomic E-state index is 5.85. The Bertz CT molecular complexity index is 310. The van der Waals surface area contributed by atoms with Crippen LogP contribution in [-0.4, -0.2) is 6.54 Å². The topological polar surface area (TPSA) is 26.0 Å². The lowest BCUT2D eigenvalue weighted by molar-refractivity contribution is 0.243. The molecule has 0 saturated heterocycles. The van der Waals surface area contributed by atoms with Gasteiger partial charge in [-0.3, -0.25) is 0 Å². The van der Waals surface area contributed by atoms with Crippen molar-refractivity contribution in [1.29, 1.82) is 0 Å². The molecule has 1 fully saturated rings. The van der Waals surface area contributed by atoms with Crippen molar-refractivity contribution in [2.75, 3.05) is 6.54 Å². The van der Waals surface area contributed by atoms with Gasteiger partial charge in [0.05, 0.1) is 0 Å². The molecular weight excluding hydrogens is 270 g/mol. The van der Waals surface area contributed by atoms with Gasteiger partial charge in [-0.05, 0) is 59.6 Å². The number of rotatable bonds is 3. The van der Waals surface area contributed by atoms with E-state index in [0.29, 0.717) is 0 Å². The Kier molecular flexibility index (Phi) is 4.23. The summed E-state index contributed by atoms with van der Waals surface area (Å²) >= 11 is 5.38. The molecule has 0 aromatic carbocycles. The summed E-state index contributed by atoms with van der Waals surface area (Å²) < 4.78 is 1.22. The number of thiophene rings is 1.